The van der Waals surface area contributed by atoms with Crippen molar-refractivity contribution in [3.8, 4) is 11.3 Å². The average molecular weight is 460 g/mol. The van der Waals surface area contributed by atoms with Gasteiger partial charge in [-0.2, -0.15) is 9.78 Å². The SMILES string of the molecule is CC(C)(C)C(=O)n1nc(-c2cccn(/C=C/C(N)=O)c2=O)cc1NCc1ccc(Cl)s1. The fourth-order valence-corrected chi connectivity index (χ4v) is 3.74. The Hall–Kier alpha value is -3.17. The van der Waals surface area contributed by atoms with Crippen molar-refractivity contribution in [1.82, 2.24) is 14.3 Å². The van der Waals surface area contributed by atoms with Gasteiger partial charge >= 0.3 is 0 Å². The van der Waals surface area contributed by atoms with Gasteiger partial charge in [0, 0.05) is 34.8 Å². The second kappa shape index (κ2) is 8.91. The lowest BCUT2D eigenvalue weighted by molar-refractivity contribution is -0.113. The second-order valence-corrected chi connectivity index (χ2v) is 9.59. The Labute approximate surface area is 187 Å². The van der Waals surface area contributed by atoms with Crippen molar-refractivity contribution in [2.75, 3.05) is 5.32 Å². The van der Waals surface area contributed by atoms with Gasteiger partial charge in [-0.3, -0.25) is 19.0 Å². The molecule has 3 aromatic heterocycles. The Morgan fingerprint density at radius 2 is 2.03 bits per heavy atom. The highest BCUT2D eigenvalue weighted by atomic mass is 35.5. The lowest BCUT2D eigenvalue weighted by atomic mass is 9.96. The maximum absolute atomic E-state index is 13.0. The van der Waals surface area contributed by atoms with Crippen molar-refractivity contribution < 1.29 is 9.59 Å². The van der Waals surface area contributed by atoms with Crippen LogP contribution >= 0.6 is 22.9 Å². The zero-order chi connectivity index (χ0) is 22.8. The third-order valence-corrected chi connectivity index (χ3v) is 5.50. The molecule has 0 unspecified atom stereocenters. The van der Waals surface area contributed by atoms with E-state index in [2.05, 4.69) is 10.4 Å². The number of halogens is 1. The van der Waals surface area contributed by atoms with Crippen molar-refractivity contribution in [1.29, 1.82) is 0 Å². The van der Waals surface area contributed by atoms with E-state index in [0.29, 0.717) is 22.4 Å². The van der Waals surface area contributed by atoms with Gasteiger partial charge < -0.3 is 11.1 Å². The van der Waals surface area contributed by atoms with Crippen molar-refractivity contribution in [3.63, 3.8) is 0 Å². The van der Waals surface area contributed by atoms with E-state index >= 15 is 0 Å². The number of hydrogen-bond acceptors (Lipinski definition) is 6. The van der Waals surface area contributed by atoms with E-state index < -0.39 is 16.9 Å². The molecule has 0 aliphatic heterocycles. The first-order valence-electron chi connectivity index (χ1n) is 9.38. The van der Waals surface area contributed by atoms with Crippen LogP contribution in [0.3, 0.4) is 0 Å². The van der Waals surface area contributed by atoms with E-state index in [-0.39, 0.29) is 11.5 Å². The molecular weight excluding hydrogens is 438 g/mol. The summed E-state index contributed by atoms with van der Waals surface area (Å²) >= 11 is 7.42. The Bertz CT molecular complexity index is 1220. The first-order chi connectivity index (χ1) is 14.6. The summed E-state index contributed by atoms with van der Waals surface area (Å²) in [6.45, 7) is 5.83. The van der Waals surface area contributed by atoms with Gasteiger partial charge in [-0.1, -0.05) is 32.4 Å². The summed E-state index contributed by atoms with van der Waals surface area (Å²) in [6.07, 6.45) is 3.87. The fourth-order valence-electron chi connectivity index (χ4n) is 2.71. The van der Waals surface area contributed by atoms with Crippen LogP contribution in [0.25, 0.3) is 17.5 Å². The van der Waals surface area contributed by atoms with Crippen LogP contribution in [-0.2, 0) is 11.3 Å². The summed E-state index contributed by atoms with van der Waals surface area (Å²) in [5.74, 6) is -0.435. The molecule has 0 radical (unpaired) electrons. The molecular formula is C21H22ClN5O3S. The molecule has 0 saturated heterocycles. The van der Waals surface area contributed by atoms with E-state index in [1.54, 1.807) is 45.0 Å². The van der Waals surface area contributed by atoms with Crippen molar-refractivity contribution in [3.05, 3.63) is 62.2 Å². The van der Waals surface area contributed by atoms with Crippen LogP contribution in [0.5, 0.6) is 0 Å². The Balaban J connectivity index is 2.03. The monoisotopic (exact) mass is 459 g/mol. The number of rotatable bonds is 6. The third kappa shape index (κ3) is 5.31. The molecule has 0 bridgehead atoms. The first kappa shape index (κ1) is 22.5. The summed E-state index contributed by atoms with van der Waals surface area (Å²) in [5.41, 5.74) is 4.63. The number of nitrogens with one attached hydrogen (secondary N) is 1. The predicted octanol–water partition coefficient (Wildman–Crippen LogP) is 3.68. The molecule has 0 spiro atoms. The topological polar surface area (TPSA) is 112 Å². The van der Waals surface area contributed by atoms with Crippen LogP contribution in [0.2, 0.25) is 4.34 Å². The normalized spacial score (nSPS) is 11.7. The standard InChI is InChI=1S/C21H22ClN5O3S/c1-21(2,3)20(30)27-18(24-12-13-6-7-16(22)31-13)11-15(25-27)14-5-4-9-26(19(14)29)10-8-17(23)28/h4-11,24H,12H2,1-3H3,(H2,23,28)/b10-8+. The maximum atomic E-state index is 13.0. The molecule has 31 heavy (non-hydrogen) atoms. The van der Waals surface area contributed by atoms with Crippen LogP contribution in [-0.4, -0.2) is 26.2 Å². The molecule has 0 aromatic carbocycles. The minimum absolute atomic E-state index is 0.227. The summed E-state index contributed by atoms with van der Waals surface area (Å²) in [5, 5.41) is 7.62. The molecule has 10 heteroatoms. The van der Waals surface area contributed by atoms with E-state index in [9.17, 15) is 14.4 Å². The number of aromatic nitrogens is 3. The molecule has 0 atom stereocenters. The van der Waals surface area contributed by atoms with Crippen molar-refractivity contribution >= 4 is 46.8 Å². The van der Waals surface area contributed by atoms with Gasteiger partial charge in [-0.25, -0.2) is 0 Å². The van der Waals surface area contributed by atoms with Crippen LogP contribution in [0.15, 0.2) is 47.4 Å². The molecule has 1 amide bonds. The summed E-state index contributed by atoms with van der Waals surface area (Å²) < 4.78 is 3.18. The number of amides is 1. The predicted molar refractivity (Wildman–Crippen MR) is 123 cm³/mol. The van der Waals surface area contributed by atoms with E-state index in [1.165, 1.54) is 33.0 Å². The van der Waals surface area contributed by atoms with E-state index in [0.717, 1.165) is 11.0 Å². The summed E-state index contributed by atoms with van der Waals surface area (Å²) in [6, 6.07) is 8.60. The van der Waals surface area contributed by atoms with Crippen molar-refractivity contribution in [2.24, 2.45) is 11.1 Å². The lowest BCUT2D eigenvalue weighted by Gasteiger charge is -2.18. The highest BCUT2D eigenvalue weighted by molar-refractivity contribution is 7.16. The minimum atomic E-state index is -0.687. The minimum Gasteiger partial charge on any atom is -0.366 e. The Kier molecular flexibility index (Phi) is 6.47. The largest absolute Gasteiger partial charge is 0.366 e. The van der Waals surface area contributed by atoms with Gasteiger partial charge in [0.15, 0.2) is 0 Å². The maximum Gasteiger partial charge on any atom is 0.264 e. The second-order valence-electron chi connectivity index (χ2n) is 7.79. The number of anilines is 1. The van der Waals surface area contributed by atoms with Gasteiger partial charge in [0.2, 0.25) is 5.91 Å². The average Bonchev–Trinajstić information content (AvgIpc) is 3.30. The van der Waals surface area contributed by atoms with Gasteiger partial charge in [-0.05, 0) is 24.3 Å². The van der Waals surface area contributed by atoms with Crippen LogP contribution in [0.1, 0.15) is 30.4 Å². The smallest absolute Gasteiger partial charge is 0.264 e. The number of thiophene rings is 1. The summed E-state index contributed by atoms with van der Waals surface area (Å²) in [7, 11) is 0. The Morgan fingerprint density at radius 1 is 1.29 bits per heavy atom. The highest BCUT2D eigenvalue weighted by Crippen LogP contribution is 2.26. The first-order valence-corrected chi connectivity index (χ1v) is 10.6. The molecule has 0 saturated carbocycles. The number of pyridine rings is 1. The molecule has 3 aromatic rings. The van der Waals surface area contributed by atoms with Crippen molar-refractivity contribution in [2.45, 2.75) is 27.3 Å². The number of nitrogens with zero attached hydrogens (tertiary/aromatic N) is 3. The fraction of sp³-hybridized carbons (Fsp3) is 0.238. The molecule has 0 fully saturated rings. The number of primary amides is 1. The molecule has 3 rings (SSSR count). The van der Waals surface area contributed by atoms with Gasteiger partial charge in [-0.15, -0.1) is 11.3 Å². The molecule has 3 N–H and O–H groups in total. The third-order valence-electron chi connectivity index (χ3n) is 4.27. The zero-order valence-electron chi connectivity index (χ0n) is 17.3. The molecule has 0 aliphatic carbocycles. The molecule has 162 valence electrons. The summed E-state index contributed by atoms with van der Waals surface area (Å²) in [4.78, 5) is 37.8. The highest BCUT2D eigenvalue weighted by Gasteiger charge is 2.27. The zero-order valence-corrected chi connectivity index (χ0v) is 18.8. The quantitative estimate of drug-likeness (QED) is 0.546. The number of nitrogens with two attached hydrogens (primary N) is 1. The van der Waals surface area contributed by atoms with Gasteiger partial charge in [0.1, 0.15) is 11.5 Å². The lowest BCUT2D eigenvalue weighted by Crippen LogP contribution is -2.29. The van der Waals surface area contributed by atoms with Gasteiger partial charge in [0.25, 0.3) is 11.5 Å². The van der Waals surface area contributed by atoms with Crippen LogP contribution < -0.4 is 16.6 Å². The van der Waals surface area contributed by atoms with E-state index in [1.807, 2.05) is 6.07 Å². The molecule has 8 nitrogen and oxygen atoms in total. The Morgan fingerprint density at radius 3 is 2.65 bits per heavy atom. The van der Waals surface area contributed by atoms with Crippen LogP contribution in [0.4, 0.5) is 5.82 Å². The number of carbonyl (C=O) groups is 2. The van der Waals surface area contributed by atoms with Crippen LogP contribution in [0, 0.1) is 5.41 Å². The molecule has 0 aliphatic rings. The van der Waals surface area contributed by atoms with E-state index in [4.69, 9.17) is 17.3 Å². The molecule has 3 heterocycles. The number of hydrogen-bond donors (Lipinski definition) is 2. The van der Waals surface area contributed by atoms with Gasteiger partial charge in [0.05, 0.1) is 16.4 Å². The number of carbonyl (C=O) groups excluding carboxylic acids is 2.